The van der Waals surface area contributed by atoms with Gasteiger partial charge in [0.15, 0.2) is 5.82 Å². The predicted octanol–water partition coefficient (Wildman–Crippen LogP) is 1.12. The van der Waals surface area contributed by atoms with E-state index in [1.54, 1.807) is 0 Å². The van der Waals surface area contributed by atoms with Crippen LogP contribution in [0.2, 0.25) is 0 Å². The van der Waals surface area contributed by atoms with Crippen molar-refractivity contribution in [1.29, 1.82) is 0 Å². The van der Waals surface area contributed by atoms with Crippen molar-refractivity contribution in [3.63, 3.8) is 0 Å². The van der Waals surface area contributed by atoms with E-state index in [1.807, 2.05) is 0 Å². The summed E-state index contributed by atoms with van der Waals surface area (Å²) in [4.78, 5) is 4.64. The molecule has 0 spiro atoms. The standard InChI is InChI=1S/C14H25N5/c1-4-15-10-12-7-8-14(17-16-12)19(3)11-13-6-5-9-18(13)2/h7-8,13,15H,4-6,9-11H2,1-3H3. The average molecular weight is 263 g/mol. The summed E-state index contributed by atoms with van der Waals surface area (Å²) >= 11 is 0. The van der Waals surface area contributed by atoms with Crippen molar-refractivity contribution in [2.45, 2.75) is 32.4 Å². The lowest BCUT2D eigenvalue weighted by atomic mass is 10.2. The van der Waals surface area contributed by atoms with Crippen LogP contribution in [0.25, 0.3) is 0 Å². The molecule has 0 aliphatic carbocycles. The Labute approximate surface area is 116 Å². The molecule has 0 saturated carbocycles. The normalized spacial score (nSPS) is 19.8. The summed E-state index contributed by atoms with van der Waals surface area (Å²) in [6.45, 7) is 6.08. The van der Waals surface area contributed by atoms with Crippen LogP contribution in [0.3, 0.4) is 0 Å². The summed E-state index contributed by atoms with van der Waals surface area (Å²) in [7, 11) is 4.30. The Morgan fingerprint density at radius 1 is 1.42 bits per heavy atom. The van der Waals surface area contributed by atoms with Gasteiger partial charge in [0, 0.05) is 26.2 Å². The smallest absolute Gasteiger partial charge is 0.151 e. The zero-order valence-electron chi connectivity index (χ0n) is 12.3. The molecule has 1 aromatic heterocycles. The zero-order valence-corrected chi connectivity index (χ0v) is 12.3. The molecule has 1 N–H and O–H groups in total. The molecule has 0 radical (unpaired) electrons. The van der Waals surface area contributed by atoms with Gasteiger partial charge in [-0.1, -0.05) is 6.92 Å². The summed E-state index contributed by atoms with van der Waals surface area (Å²) in [6.07, 6.45) is 2.59. The van der Waals surface area contributed by atoms with Gasteiger partial charge < -0.3 is 15.1 Å². The molecule has 5 nitrogen and oxygen atoms in total. The molecule has 1 aliphatic rings. The zero-order chi connectivity index (χ0) is 13.7. The third-order valence-electron chi connectivity index (χ3n) is 3.81. The number of hydrogen-bond donors (Lipinski definition) is 1. The van der Waals surface area contributed by atoms with Gasteiger partial charge >= 0.3 is 0 Å². The first-order valence-electron chi connectivity index (χ1n) is 7.15. The van der Waals surface area contributed by atoms with E-state index >= 15 is 0 Å². The monoisotopic (exact) mass is 263 g/mol. The fourth-order valence-corrected chi connectivity index (χ4v) is 2.52. The molecule has 106 valence electrons. The molecule has 1 aliphatic heterocycles. The van der Waals surface area contributed by atoms with Crippen LogP contribution in [-0.4, -0.2) is 54.9 Å². The molecular formula is C14H25N5. The molecule has 0 bridgehead atoms. The molecule has 1 saturated heterocycles. The lowest BCUT2D eigenvalue weighted by Gasteiger charge is -2.26. The number of aromatic nitrogens is 2. The van der Waals surface area contributed by atoms with Gasteiger partial charge in [0.05, 0.1) is 5.69 Å². The molecule has 0 amide bonds. The van der Waals surface area contributed by atoms with Crippen molar-refractivity contribution in [2.75, 3.05) is 38.6 Å². The minimum atomic E-state index is 0.647. The number of nitrogens with one attached hydrogen (secondary N) is 1. The van der Waals surface area contributed by atoms with E-state index in [0.29, 0.717) is 6.04 Å². The fraction of sp³-hybridized carbons (Fsp3) is 0.714. The van der Waals surface area contributed by atoms with E-state index in [-0.39, 0.29) is 0 Å². The quantitative estimate of drug-likeness (QED) is 0.833. The molecule has 1 atom stereocenters. The second-order valence-electron chi connectivity index (χ2n) is 5.32. The Morgan fingerprint density at radius 3 is 2.84 bits per heavy atom. The van der Waals surface area contributed by atoms with Crippen LogP contribution >= 0.6 is 0 Å². The molecular weight excluding hydrogens is 238 g/mol. The average Bonchev–Trinajstić information content (AvgIpc) is 2.82. The summed E-state index contributed by atoms with van der Waals surface area (Å²) in [6, 6.07) is 4.77. The number of hydrogen-bond acceptors (Lipinski definition) is 5. The van der Waals surface area contributed by atoms with Gasteiger partial charge in [-0.05, 0) is 45.1 Å². The first-order chi connectivity index (χ1) is 9.20. The van der Waals surface area contributed by atoms with Gasteiger partial charge in [0.1, 0.15) is 0 Å². The predicted molar refractivity (Wildman–Crippen MR) is 78.3 cm³/mol. The van der Waals surface area contributed by atoms with E-state index < -0.39 is 0 Å². The highest BCUT2D eigenvalue weighted by Gasteiger charge is 2.22. The lowest BCUT2D eigenvalue weighted by Crippen LogP contribution is -2.37. The van der Waals surface area contributed by atoms with Gasteiger partial charge in [0.2, 0.25) is 0 Å². The third kappa shape index (κ3) is 3.88. The van der Waals surface area contributed by atoms with Gasteiger partial charge in [-0.3, -0.25) is 0 Å². The molecule has 1 aromatic rings. The van der Waals surface area contributed by atoms with Crippen LogP contribution in [0, 0.1) is 0 Å². The van der Waals surface area contributed by atoms with Crippen LogP contribution in [0.15, 0.2) is 12.1 Å². The first kappa shape index (κ1) is 14.2. The maximum atomic E-state index is 4.32. The number of rotatable bonds is 6. The Morgan fingerprint density at radius 2 is 2.26 bits per heavy atom. The van der Waals surface area contributed by atoms with Crippen LogP contribution in [0.1, 0.15) is 25.5 Å². The molecule has 2 heterocycles. The van der Waals surface area contributed by atoms with Crippen molar-refractivity contribution in [3.05, 3.63) is 17.8 Å². The van der Waals surface area contributed by atoms with Crippen LogP contribution < -0.4 is 10.2 Å². The van der Waals surface area contributed by atoms with E-state index in [9.17, 15) is 0 Å². The Hall–Kier alpha value is -1.20. The molecule has 1 unspecified atom stereocenters. The van der Waals surface area contributed by atoms with Crippen LogP contribution in [0.4, 0.5) is 5.82 Å². The SMILES string of the molecule is CCNCc1ccc(N(C)CC2CCCN2C)nn1. The van der Waals surface area contributed by atoms with Crippen molar-refractivity contribution < 1.29 is 0 Å². The highest BCUT2D eigenvalue weighted by Crippen LogP contribution is 2.17. The summed E-state index contributed by atoms with van der Waals surface area (Å²) in [5.74, 6) is 0.959. The molecule has 2 rings (SSSR count). The van der Waals surface area contributed by atoms with E-state index in [1.165, 1.54) is 19.4 Å². The Balaban J connectivity index is 1.89. The molecule has 19 heavy (non-hydrogen) atoms. The Bertz CT molecular complexity index is 378. The number of nitrogens with zero attached hydrogens (tertiary/aromatic N) is 4. The topological polar surface area (TPSA) is 44.3 Å². The van der Waals surface area contributed by atoms with Gasteiger partial charge in [0.25, 0.3) is 0 Å². The van der Waals surface area contributed by atoms with Crippen LogP contribution in [-0.2, 0) is 6.54 Å². The van der Waals surface area contributed by atoms with Crippen molar-refractivity contribution in [1.82, 2.24) is 20.4 Å². The first-order valence-corrected chi connectivity index (χ1v) is 7.15. The van der Waals surface area contributed by atoms with Crippen molar-refractivity contribution in [2.24, 2.45) is 0 Å². The maximum absolute atomic E-state index is 4.32. The third-order valence-corrected chi connectivity index (χ3v) is 3.81. The molecule has 1 fully saturated rings. The highest BCUT2D eigenvalue weighted by atomic mass is 15.3. The van der Waals surface area contributed by atoms with E-state index in [4.69, 9.17) is 0 Å². The minimum Gasteiger partial charge on any atom is -0.357 e. The summed E-state index contributed by atoms with van der Waals surface area (Å²) in [5, 5.41) is 11.8. The summed E-state index contributed by atoms with van der Waals surface area (Å²) < 4.78 is 0. The van der Waals surface area contributed by atoms with Crippen LogP contribution in [0.5, 0.6) is 0 Å². The molecule has 0 aromatic carbocycles. The fourth-order valence-electron chi connectivity index (χ4n) is 2.52. The summed E-state index contributed by atoms with van der Waals surface area (Å²) in [5.41, 5.74) is 0.997. The van der Waals surface area contributed by atoms with E-state index in [2.05, 4.69) is 58.5 Å². The van der Waals surface area contributed by atoms with Crippen molar-refractivity contribution >= 4 is 5.82 Å². The van der Waals surface area contributed by atoms with Crippen molar-refractivity contribution in [3.8, 4) is 0 Å². The van der Waals surface area contributed by atoms with Gasteiger partial charge in [-0.15, -0.1) is 5.10 Å². The molecule has 5 heteroatoms. The lowest BCUT2D eigenvalue weighted by molar-refractivity contribution is 0.314. The van der Waals surface area contributed by atoms with Gasteiger partial charge in [-0.25, -0.2) is 0 Å². The Kier molecular flexibility index (Phi) is 5.10. The maximum Gasteiger partial charge on any atom is 0.151 e. The second kappa shape index (κ2) is 6.82. The number of likely N-dealkylation sites (N-methyl/N-ethyl adjacent to an activating group) is 2. The highest BCUT2D eigenvalue weighted by molar-refractivity contribution is 5.36. The second-order valence-corrected chi connectivity index (χ2v) is 5.32. The number of anilines is 1. The van der Waals surface area contributed by atoms with E-state index in [0.717, 1.165) is 31.1 Å². The van der Waals surface area contributed by atoms with Gasteiger partial charge in [-0.2, -0.15) is 5.10 Å². The number of likely N-dealkylation sites (tertiary alicyclic amines) is 1. The minimum absolute atomic E-state index is 0.647. The largest absolute Gasteiger partial charge is 0.357 e.